The molecule has 0 unspecified atom stereocenters. The molecule has 0 N–H and O–H groups in total. The molecule has 1 heterocycles. The number of benzene rings is 2. The highest BCUT2D eigenvalue weighted by molar-refractivity contribution is 7.90. The number of hydrogen-bond acceptors (Lipinski definition) is 3. The fraction of sp³-hybridized carbons (Fsp3) is 0.250. The van der Waals surface area contributed by atoms with E-state index in [1.807, 2.05) is 4.68 Å². The Kier molecular flexibility index (Phi) is 4.15. The van der Waals surface area contributed by atoms with E-state index in [1.165, 1.54) is 24.0 Å². The lowest BCUT2D eigenvalue weighted by Crippen LogP contribution is -2.08. The lowest BCUT2D eigenvalue weighted by Gasteiger charge is -2.14. The molecule has 0 saturated heterocycles. The molecule has 0 bridgehead atoms. The van der Waals surface area contributed by atoms with Crippen molar-refractivity contribution in [3.8, 4) is 16.9 Å². The number of hydrogen-bond donors (Lipinski definition) is 0. The SMILES string of the molecule is CS(=O)(=O)c1ccc(-n2nc(-c3ccc(F)cc3)c3c2CCCC3)cc1. The molecule has 4 nitrogen and oxygen atoms in total. The standard InChI is InChI=1S/C20H19FN2O2S/c1-26(24,25)17-12-10-16(11-13-17)23-19-5-3-2-4-18(19)20(22-23)14-6-8-15(21)9-7-14/h6-13H,2-5H2,1H3. The summed E-state index contributed by atoms with van der Waals surface area (Å²) in [6.07, 6.45) is 5.29. The van der Waals surface area contributed by atoms with Gasteiger partial charge in [0.2, 0.25) is 0 Å². The first-order valence-corrected chi connectivity index (χ1v) is 10.5. The van der Waals surface area contributed by atoms with Crippen LogP contribution in [0, 0.1) is 5.82 Å². The van der Waals surface area contributed by atoms with E-state index in [0.717, 1.165) is 48.3 Å². The zero-order chi connectivity index (χ0) is 18.3. The summed E-state index contributed by atoms with van der Waals surface area (Å²) in [6, 6.07) is 13.2. The van der Waals surface area contributed by atoms with E-state index in [-0.39, 0.29) is 5.82 Å². The molecule has 0 aliphatic heterocycles. The predicted molar refractivity (Wildman–Crippen MR) is 98.7 cm³/mol. The number of sulfone groups is 1. The molecule has 0 fully saturated rings. The second-order valence-corrected chi connectivity index (χ2v) is 8.68. The van der Waals surface area contributed by atoms with Crippen LogP contribution in [-0.2, 0) is 22.7 Å². The van der Waals surface area contributed by atoms with Crippen molar-refractivity contribution < 1.29 is 12.8 Å². The van der Waals surface area contributed by atoms with Crippen LogP contribution in [0.1, 0.15) is 24.1 Å². The maximum atomic E-state index is 13.3. The summed E-state index contributed by atoms with van der Waals surface area (Å²) in [4.78, 5) is 0.293. The van der Waals surface area contributed by atoms with Crippen LogP contribution in [-0.4, -0.2) is 24.5 Å². The fourth-order valence-electron chi connectivity index (χ4n) is 3.49. The normalized spacial score (nSPS) is 14.2. The van der Waals surface area contributed by atoms with E-state index in [2.05, 4.69) is 0 Å². The number of rotatable bonds is 3. The first-order valence-electron chi connectivity index (χ1n) is 8.61. The number of fused-ring (bicyclic) bond motifs is 1. The van der Waals surface area contributed by atoms with E-state index in [0.29, 0.717) is 4.90 Å². The maximum Gasteiger partial charge on any atom is 0.175 e. The Morgan fingerprint density at radius 3 is 2.27 bits per heavy atom. The first-order chi connectivity index (χ1) is 12.4. The van der Waals surface area contributed by atoms with Gasteiger partial charge in [-0.25, -0.2) is 17.5 Å². The van der Waals surface area contributed by atoms with Crippen LogP contribution in [0.2, 0.25) is 0 Å². The lowest BCUT2D eigenvalue weighted by atomic mass is 9.93. The molecule has 0 radical (unpaired) electrons. The summed E-state index contributed by atoms with van der Waals surface area (Å²) in [6.45, 7) is 0. The minimum Gasteiger partial charge on any atom is -0.237 e. The molecule has 6 heteroatoms. The second kappa shape index (κ2) is 6.36. The zero-order valence-electron chi connectivity index (χ0n) is 14.4. The molecule has 134 valence electrons. The van der Waals surface area contributed by atoms with Crippen molar-refractivity contribution >= 4 is 9.84 Å². The Balaban J connectivity index is 1.83. The molecule has 1 aliphatic carbocycles. The van der Waals surface area contributed by atoms with Crippen molar-refractivity contribution in [1.82, 2.24) is 9.78 Å². The molecule has 1 aliphatic rings. The fourth-order valence-corrected chi connectivity index (χ4v) is 4.12. The maximum absolute atomic E-state index is 13.3. The summed E-state index contributed by atoms with van der Waals surface area (Å²) in [7, 11) is -3.23. The highest BCUT2D eigenvalue weighted by atomic mass is 32.2. The van der Waals surface area contributed by atoms with E-state index >= 15 is 0 Å². The molecule has 0 saturated carbocycles. The Labute approximate surface area is 152 Å². The summed E-state index contributed by atoms with van der Waals surface area (Å²) >= 11 is 0. The summed E-state index contributed by atoms with van der Waals surface area (Å²) in [5, 5.41) is 4.80. The molecule has 0 amide bonds. The Hall–Kier alpha value is -2.47. The van der Waals surface area contributed by atoms with Crippen molar-refractivity contribution in [2.45, 2.75) is 30.6 Å². The van der Waals surface area contributed by atoms with Gasteiger partial charge in [-0.3, -0.25) is 0 Å². The van der Waals surface area contributed by atoms with Gasteiger partial charge >= 0.3 is 0 Å². The van der Waals surface area contributed by atoms with Gasteiger partial charge in [0, 0.05) is 23.1 Å². The Morgan fingerprint density at radius 2 is 1.62 bits per heavy atom. The highest BCUT2D eigenvalue weighted by Crippen LogP contribution is 2.33. The molecular weight excluding hydrogens is 351 g/mol. The third-order valence-electron chi connectivity index (χ3n) is 4.81. The number of aromatic nitrogens is 2. The molecule has 4 rings (SSSR count). The monoisotopic (exact) mass is 370 g/mol. The van der Waals surface area contributed by atoms with E-state index < -0.39 is 9.84 Å². The number of halogens is 1. The number of nitrogens with zero attached hydrogens (tertiary/aromatic N) is 2. The summed E-state index contributed by atoms with van der Waals surface area (Å²) in [5.74, 6) is -0.265. The molecule has 0 atom stereocenters. The van der Waals surface area contributed by atoms with Crippen LogP contribution in [0.25, 0.3) is 16.9 Å². The van der Waals surface area contributed by atoms with Crippen LogP contribution in [0.3, 0.4) is 0 Å². The molecule has 1 aromatic heterocycles. The van der Waals surface area contributed by atoms with Crippen molar-refractivity contribution in [3.63, 3.8) is 0 Å². The minimum absolute atomic E-state index is 0.265. The van der Waals surface area contributed by atoms with Crippen molar-refractivity contribution in [2.24, 2.45) is 0 Å². The molecule has 0 spiro atoms. The zero-order valence-corrected chi connectivity index (χ0v) is 15.3. The molecule has 3 aromatic rings. The van der Waals surface area contributed by atoms with E-state index in [9.17, 15) is 12.8 Å². The van der Waals surface area contributed by atoms with Crippen LogP contribution in [0.4, 0.5) is 4.39 Å². The second-order valence-electron chi connectivity index (χ2n) is 6.67. The van der Waals surface area contributed by atoms with Crippen LogP contribution in [0.15, 0.2) is 53.4 Å². The lowest BCUT2D eigenvalue weighted by molar-refractivity contribution is 0.602. The topological polar surface area (TPSA) is 52.0 Å². The van der Waals surface area contributed by atoms with E-state index in [1.54, 1.807) is 36.4 Å². The largest absolute Gasteiger partial charge is 0.237 e. The van der Waals surface area contributed by atoms with Crippen LogP contribution in [0.5, 0.6) is 0 Å². The quantitative estimate of drug-likeness (QED) is 0.701. The van der Waals surface area contributed by atoms with Gasteiger partial charge < -0.3 is 0 Å². The van der Waals surface area contributed by atoms with Gasteiger partial charge in [-0.15, -0.1) is 0 Å². The third kappa shape index (κ3) is 3.05. The van der Waals surface area contributed by atoms with Crippen molar-refractivity contribution in [1.29, 1.82) is 0 Å². The predicted octanol–water partition coefficient (Wildman–Crippen LogP) is 3.96. The molecular formula is C20H19FN2O2S. The average molecular weight is 370 g/mol. The van der Waals surface area contributed by atoms with Crippen LogP contribution < -0.4 is 0 Å². The van der Waals surface area contributed by atoms with Gasteiger partial charge in [0.05, 0.1) is 16.3 Å². The highest BCUT2D eigenvalue weighted by Gasteiger charge is 2.22. The summed E-state index contributed by atoms with van der Waals surface area (Å²) in [5.41, 5.74) is 4.98. The first kappa shape index (κ1) is 17.0. The van der Waals surface area contributed by atoms with Gasteiger partial charge in [0.25, 0.3) is 0 Å². The molecule has 26 heavy (non-hydrogen) atoms. The molecule has 2 aromatic carbocycles. The van der Waals surface area contributed by atoms with Gasteiger partial charge in [-0.1, -0.05) is 0 Å². The summed E-state index contributed by atoms with van der Waals surface area (Å²) < 4.78 is 38.5. The smallest absolute Gasteiger partial charge is 0.175 e. The van der Waals surface area contributed by atoms with Crippen molar-refractivity contribution in [2.75, 3.05) is 6.26 Å². The van der Waals surface area contributed by atoms with Gasteiger partial charge in [0.15, 0.2) is 9.84 Å². The van der Waals surface area contributed by atoms with Gasteiger partial charge in [-0.05, 0) is 74.2 Å². The third-order valence-corrected chi connectivity index (χ3v) is 5.94. The Morgan fingerprint density at radius 1 is 0.962 bits per heavy atom. The Bertz CT molecular complexity index is 1050. The van der Waals surface area contributed by atoms with Gasteiger partial charge in [-0.2, -0.15) is 5.10 Å². The van der Waals surface area contributed by atoms with Crippen molar-refractivity contribution in [3.05, 3.63) is 65.6 Å². The van der Waals surface area contributed by atoms with Gasteiger partial charge in [0.1, 0.15) is 5.82 Å². The average Bonchev–Trinajstić information content (AvgIpc) is 3.01. The van der Waals surface area contributed by atoms with Crippen LogP contribution >= 0.6 is 0 Å². The van der Waals surface area contributed by atoms with E-state index in [4.69, 9.17) is 5.10 Å². The minimum atomic E-state index is -3.23.